The number of nitrogens with one attached hydrogen (secondary N) is 1. The first-order chi connectivity index (χ1) is 11.1. The molecule has 0 saturated carbocycles. The molecule has 0 unspecified atom stereocenters. The van der Waals surface area contributed by atoms with Crippen molar-refractivity contribution in [2.45, 2.75) is 26.8 Å². The van der Waals surface area contributed by atoms with Crippen LogP contribution >= 0.6 is 0 Å². The summed E-state index contributed by atoms with van der Waals surface area (Å²) in [4.78, 5) is 6.91. The lowest BCUT2D eigenvalue weighted by atomic mass is 10.2. The second-order valence-electron chi connectivity index (χ2n) is 6.28. The highest BCUT2D eigenvalue weighted by Crippen LogP contribution is 2.05. The van der Waals surface area contributed by atoms with E-state index in [1.807, 2.05) is 12.1 Å². The number of nitrogens with zero attached hydrogens (tertiary/aromatic N) is 3. The van der Waals surface area contributed by atoms with Crippen molar-refractivity contribution in [2.75, 3.05) is 20.1 Å². The minimum Gasteiger partial charge on any atom is -0.469 e. The third kappa shape index (κ3) is 5.51. The molecule has 2 aromatic rings. The SMILES string of the molecule is CC(C)CN=C(NCCc1ccco1)N(C)Cc1cccn1C. The predicted molar refractivity (Wildman–Crippen MR) is 94.4 cm³/mol. The van der Waals surface area contributed by atoms with Crippen LogP contribution in [-0.2, 0) is 20.0 Å². The van der Waals surface area contributed by atoms with Gasteiger partial charge in [0, 0.05) is 45.5 Å². The highest BCUT2D eigenvalue weighted by atomic mass is 16.3. The molecule has 23 heavy (non-hydrogen) atoms. The summed E-state index contributed by atoms with van der Waals surface area (Å²) in [5.41, 5.74) is 1.26. The number of rotatable bonds is 7. The Morgan fingerprint density at radius 3 is 2.78 bits per heavy atom. The van der Waals surface area contributed by atoms with Crippen LogP contribution in [0.2, 0.25) is 0 Å². The zero-order chi connectivity index (χ0) is 16.7. The Bertz CT molecular complexity index is 598. The van der Waals surface area contributed by atoms with E-state index in [0.717, 1.165) is 37.8 Å². The highest BCUT2D eigenvalue weighted by Gasteiger charge is 2.09. The number of guanidine groups is 1. The van der Waals surface area contributed by atoms with Crippen LogP contribution in [0.1, 0.15) is 25.3 Å². The molecule has 1 N–H and O–H groups in total. The van der Waals surface area contributed by atoms with Gasteiger partial charge in [0.2, 0.25) is 0 Å². The Kier molecular flexibility index (Phi) is 6.32. The first-order valence-electron chi connectivity index (χ1n) is 8.18. The lowest BCUT2D eigenvalue weighted by Gasteiger charge is -2.23. The summed E-state index contributed by atoms with van der Waals surface area (Å²) in [6.45, 7) is 6.82. The summed E-state index contributed by atoms with van der Waals surface area (Å²) in [6, 6.07) is 8.13. The average Bonchev–Trinajstić information content (AvgIpc) is 3.15. The molecule has 0 fully saturated rings. The maximum absolute atomic E-state index is 5.38. The smallest absolute Gasteiger partial charge is 0.194 e. The van der Waals surface area contributed by atoms with E-state index in [0.29, 0.717) is 5.92 Å². The summed E-state index contributed by atoms with van der Waals surface area (Å²) in [5.74, 6) is 2.47. The molecule has 0 radical (unpaired) electrons. The van der Waals surface area contributed by atoms with E-state index >= 15 is 0 Å². The Morgan fingerprint density at radius 2 is 2.17 bits per heavy atom. The van der Waals surface area contributed by atoms with E-state index in [4.69, 9.17) is 9.41 Å². The Balaban J connectivity index is 1.95. The van der Waals surface area contributed by atoms with Crippen LogP contribution in [0.15, 0.2) is 46.1 Å². The normalized spacial score (nSPS) is 12.0. The van der Waals surface area contributed by atoms with Gasteiger partial charge in [0.25, 0.3) is 0 Å². The molecule has 2 aromatic heterocycles. The van der Waals surface area contributed by atoms with E-state index in [-0.39, 0.29) is 0 Å². The summed E-state index contributed by atoms with van der Waals surface area (Å²) >= 11 is 0. The summed E-state index contributed by atoms with van der Waals surface area (Å²) in [7, 11) is 4.14. The molecule has 2 rings (SSSR count). The van der Waals surface area contributed by atoms with Crippen LogP contribution in [0, 0.1) is 5.92 Å². The number of aromatic nitrogens is 1. The van der Waals surface area contributed by atoms with Crippen LogP contribution in [-0.4, -0.2) is 35.6 Å². The quantitative estimate of drug-likeness (QED) is 0.631. The maximum atomic E-state index is 5.38. The second kappa shape index (κ2) is 8.46. The molecule has 0 aliphatic rings. The van der Waals surface area contributed by atoms with Crippen molar-refractivity contribution in [1.29, 1.82) is 0 Å². The fourth-order valence-electron chi connectivity index (χ4n) is 2.31. The molecule has 126 valence electrons. The zero-order valence-corrected chi connectivity index (χ0v) is 14.6. The summed E-state index contributed by atoms with van der Waals surface area (Å²) in [6.07, 6.45) is 4.63. The fourth-order valence-corrected chi connectivity index (χ4v) is 2.31. The van der Waals surface area contributed by atoms with E-state index in [9.17, 15) is 0 Å². The Hall–Kier alpha value is -2.17. The van der Waals surface area contributed by atoms with E-state index < -0.39 is 0 Å². The van der Waals surface area contributed by atoms with Crippen molar-refractivity contribution in [3.8, 4) is 0 Å². The molecule has 2 heterocycles. The third-order valence-electron chi connectivity index (χ3n) is 3.65. The van der Waals surface area contributed by atoms with Crippen molar-refractivity contribution in [3.05, 3.63) is 48.2 Å². The number of hydrogen-bond donors (Lipinski definition) is 1. The molecule has 0 aromatic carbocycles. The molecule has 0 amide bonds. The monoisotopic (exact) mass is 316 g/mol. The molecule has 0 aliphatic heterocycles. The molecule has 0 aliphatic carbocycles. The first kappa shape index (κ1) is 17.2. The molecule has 0 bridgehead atoms. The van der Waals surface area contributed by atoms with Crippen molar-refractivity contribution in [2.24, 2.45) is 18.0 Å². The van der Waals surface area contributed by atoms with Crippen LogP contribution in [0.3, 0.4) is 0 Å². The largest absolute Gasteiger partial charge is 0.469 e. The standard InChI is InChI=1S/C18H28N4O/c1-15(2)13-20-18(19-10-9-17-8-6-12-23-17)22(4)14-16-7-5-11-21(16)3/h5-8,11-12,15H,9-10,13-14H2,1-4H3,(H,19,20). The number of furan rings is 1. The minimum atomic E-state index is 0.542. The van der Waals surface area contributed by atoms with Gasteiger partial charge < -0.3 is 19.2 Å². The van der Waals surface area contributed by atoms with E-state index in [1.54, 1.807) is 6.26 Å². The van der Waals surface area contributed by atoms with Crippen molar-refractivity contribution < 1.29 is 4.42 Å². The van der Waals surface area contributed by atoms with Gasteiger partial charge in [-0.2, -0.15) is 0 Å². The van der Waals surface area contributed by atoms with Gasteiger partial charge >= 0.3 is 0 Å². The topological polar surface area (TPSA) is 45.7 Å². The highest BCUT2D eigenvalue weighted by molar-refractivity contribution is 5.79. The Labute approximate surface area is 139 Å². The molecule has 0 spiro atoms. The molecule has 0 saturated heterocycles. The average molecular weight is 316 g/mol. The van der Waals surface area contributed by atoms with Crippen LogP contribution in [0.25, 0.3) is 0 Å². The number of aryl methyl sites for hydroxylation is 1. The van der Waals surface area contributed by atoms with Crippen LogP contribution in [0.5, 0.6) is 0 Å². The predicted octanol–water partition coefficient (Wildman–Crippen LogP) is 2.89. The van der Waals surface area contributed by atoms with Crippen molar-refractivity contribution in [1.82, 2.24) is 14.8 Å². The van der Waals surface area contributed by atoms with Crippen LogP contribution in [0.4, 0.5) is 0 Å². The number of aliphatic imine (C=N–C) groups is 1. The molecule has 5 nitrogen and oxygen atoms in total. The molecular weight excluding hydrogens is 288 g/mol. The van der Waals surface area contributed by atoms with Gasteiger partial charge in [0.05, 0.1) is 12.8 Å². The van der Waals surface area contributed by atoms with Gasteiger partial charge in [0.1, 0.15) is 5.76 Å². The maximum Gasteiger partial charge on any atom is 0.194 e. The van der Waals surface area contributed by atoms with Gasteiger partial charge in [-0.25, -0.2) is 0 Å². The molecule has 5 heteroatoms. The zero-order valence-electron chi connectivity index (χ0n) is 14.6. The second-order valence-corrected chi connectivity index (χ2v) is 6.28. The lowest BCUT2D eigenvalue weighted by Crippen LogP contribution is -2.40. The summed E-state index contributed by atoms with van der Waals surface area (Å²) in [5, 5.41) is 3.45. The fraction of sp³-hybridized carbons (Fsp3) is 0.500. The van der Waals surface area contributed by atoms with Crippen LogP contribution < -0.4 is 5.32 Å². The molecule has 0 atom stereocenters. The van der Waals surface area contributed by atoms with Gasteiger partial charge in [-0.15, -0.1) is 0 Å². The van der Waals surface area contributed by atoms with E-state index in [2.05, 4.69) is 61.1 Å². The molecular formula is C18H28N4O. The Morgan fingerprint density at radius 1 is 1.35 bits per heavy atom. The minimum absolute atomic E-state index is 0.542. The van der Waals surface area contributed by atoms with Crippen molar-refractivity contribution in [3.63, 3.8) is 0 Å². The van der Waals surface area contributed by atoms with Gasteiger partial charge in [0.15, 0.2) is 5.96 Å². The lowest BCUT2D eigenvalue weighted by molar-refractivity contribution is 0.453. The third-order valence-corrected chi connectivity index (χ3v) is 3.65. The number of hydrogen-bond acceptors (Lipinski definition) is 2. The summed E-state index contributed by atoms with van der Waals surface area (Å²) < 4.78 is 7.52. The first-order valence-corrected chi connectivity index (χ1v) is 8.18. The van der Waals surface area contributed by atoms with Gasteiger partial charge in [-0.1, -0.05) is 13.8 Å². The van der Waals surface area contributed by atoms with Gasteiger partial charge in [-0.05, 0) is 30.2 Å². The van der Waals surface area contributed by atoms with Crippen molar-refractivity contribution >= 4 is 5.96 Å². The van der Waals surface area contributed by atoms with E-state index in [1.165, 1.54) is 5.69 Å². The van der Waals surface area contributed by atoms with Gasteiger partial charge in [-0.3, -0.25) is 4.99 Å².